The van der Waals surface area contributed by atoms with Crippen LogP contribution in [0.15, 0.2) is 53.8 Å². The summed E-state index contributed by atoms with van der Waals surface area (Å²) >= 11 is 0. The summed E-state index contributed by atoms with van der Waals surface area (Å²) in [6.45, 7) is 5.44. The highest BCUT2D eigenvalue weighted by Crippen LogP contribution is 2.17. The van der Waals surface area contributed by atoms with Gasteiger partial charge in [0.25, 0.3) is 0 Å². The van der Waals surface area contributed by atoms with Gasteiger partial charge in [0.05, 0.1) is 6.10 Å². The minimum atomic E-state index is 0.127. The molecule has 142 valence electrons. The topological polar surface area (TPSA) is 74.3 Å². The highest BCUT2D eigenvalue weighted by atomic mass is 16.5. The maximum atomic E-state index is 5.56. The average molecular weight is 365 g/mol. The lowest BCUT2D eigenvalue weighted by molar-refractivity contribution is 0.232. The monoisotopic (exact) mass is 365 g/mol. The number of nitrogens with zero attached hydrogens (tertiary/aromatic N) is 2. The van der Waals surface area contributed by atoms with Crippen molar-refractivity contribution < 1.29 is 4.74 Å². The second-order valence-corrected chi connectivity index (χ2v) is 6.63. The van der Waals surface area contributed by atoms with Crippen molar-refractivity contribution >= 4 is 16.9 Å². The number of hydrogen-bond acceptors (Lipinski definition) is 3. The molecular formula is C21H27N5O. The van der Waals surface area contributed by atoms with Gasteiger partial charge in [-0.2, -0.15) is 0 Å². The third-order valence-electron chi connectivity index (χ3n) is 4.20. The average Bonchev–Trinajstić information content (AvgIpc) is 3.08. The van der Waals surface area contributed by atoms with Gasteiger partial charge in [-0.15, -0.1) is 0 Å². The van der Waals surface area contributed by atoms with Crippen molar-refractivity contribution in [3.63, 3.8) is 0 Å². The fraction of sp³-hybridized carbons (Fsp3) is 0.333. The van der Waals surface area contributed by atoms with Crippen LogP contribution >= 0.6 is 0 Å². The summed E-state index contributed by atoms with van der Waals surface area (Å²) in [6.07, 6.45) is 4.95. The van der Waals surface area contributed by atoms with E-state index in [0.29, 0.717) is 12.4 Å². The summed E-state index contributed by atoms with van der Waals surface area (Å²) in [5, 5.41) is 7.95. The summed E-state index contributed by atoms with van der Waals surface area (Å²) in [5.74, 6) is 1.42. The number of rotatable bonds is 7. The molecule has 0 saturated carbocycles. The summed E-state index contributed by atoms with van der Waals surface area (Å²) in [5.41, 5.74) is 3.55. The van der Waals surface area contributed by atoms with Gasteiger partial charge < -0.3 is 20.4 Å². The van der Waals surface area contributed by atoms with Gasteiger partial charge in [-0.3, -0.25) is 4.99 Å². The van der Waals surface area contributed by atoms with Gasteiger partial charge in [0, 0.05) is 49.5 Å². The molecule has 3 aromatic rings. The van der Waals surface area contributed by atoms with Crippen LogP contribution in [0.5, 0.6) is 5.88 Å². The Labute approximate surface area is 160 Å². The van der Waals surface area contributed by atoms with Crippen molar-refractivity contribution in [1.29, 1.82) is 0 Å². The number of hydrogen-bond donors (Lipinski definition) is 3. The van der Waals surface area contributed by atoms with Crippen molar-refractivity contribution in [1.82, 2.24) is 20.6 Å². The van der Waals surface area contributed by atoms with Crippen LogP contribution in [0.4, 0.5) is 0 Å². The first-order chi connectivity index (χ1) is 13.2. The molecule has 0 saturated heterocycles. The predicted octanol–water partition coefficient (Wildman–Crippen LogP) is 3.26. The Bertz CT molecular complexity index is 883. The van der Waals surface area contributed by atoms with Crippen molar-refractivity contribution in [3.05, 3.63) is 59.9 Å². The second kappa shape index (κ2) is 9.07. The van der Waals surface area contributed by atoms with Gasteiger partial charge in [0.2, 0.25) is 5.88 Å². The van der Waals surface area contributed by atoms with E-state index >= 15 is 0 Å². The highest BCUT2D eigenvalue weighted by molar-refractivity contribution is 5.83. The Morgan fingerprint density at radius 3 is 2.78 bits per heavy atom. The van der Waals surface area contributed by atoms with Crippen molar-refractivity contribution in [2.45, 2.75) is 32.9 Å². The summed E-state index contributed by atoms with van der Waals surface area (Å²) in [6, 6.07) is 12.3. The molecule has 6 heteroatoms. The number of ether oxygens (including phenoxy) is 1. The van der Waals surface area contributed by atoms with E-state index in [1.807, 2.05) is 38.2 Å². The number of benzene rings is 1. The Kier molecular flexibility index (Phi) is 6.30. The van der Waals surface area contributed by atoms with Crippen LogP contribution in [0, 0.1) is 0 Å². The molecule has 0 amide bonds. The molecule has 2 aromatic heterocycles. The number of aromatic amines is 1. The van der Waals surface area contributed by atoms with E-state index in [1.165, 1.54) is 16.5 Å². The van der Waals surface area contributed by atoms with Gasteiger partial charge in [0.1, 0.15) is 0 Å². The number of guanidine groups is 1. The first-order valence-corrected chi connectivity index (χ1v) is 9.27. The molecule has 6 nitrogen and oxygen atoms in total. The normalized spacial score (nSPS) is 11.8. The van der Waals surface area contributed by atoms with E-state index < -0.39 is 0 Å². The maximum Gasteiger partial charge on any atom is 0.213 e. The molecule has 0 aliphatic carbocycles. The fourth-order valence-corrected chi connectivity index (χ4v) is 2.89. The lowest BCUT2D eigenvalue weighted by Gasteiger charge is -2.12. The summed E-state index contributed by atoms with van der Waals surface area (Å²) < 4.78 is 5.56. The number of aliphatic imine (C=N–C) groups is 1. The van der Waals surface area contributed by atoms with Gasteiger partial charge in [-0.05, 0) is 37.5 Å². The van der Waals surface area contributed by atoms with Crippen LogP contribution in [0.2, 0.25) is 0 Å². The van der Waals surface area contributed by atoms with E-state index in [-0.39, 0.29) is 6.10 Å². The Morgan fingerprint density at radius 1 is 1.19 bits per heavy atom. The van der Waals surface area contributed by atoms with Gasteiger partial charge in [-0.25, -0.2) is 4.98 Å². The lowest BCUT2D eigenvalue weighted by atomic mass is 10.1. The predicted molar refractivity (Wildman–Crippen MR) is 110 cm³/mol. The molecule has 0 bridgehead atoms. The van der Waals surface area contributed by atoms with Crippen molar-refractivity contribution in [2.75, 3.05) is 13.6 Å². The molecule has 0 unspecified atom stereocenters. The number of nitrogens with one attached hydrogen (secondary N) is 3. The number of aromatic nitrogens is 2. The first-order valence-electron chi connectivity index (χ1n) is 9.27. The molecule has 27 heavy (non-hydrogen) atoms. The van der Waals surface area contributed by atoms with Crippen molar-refractivity contribution in [2.24, 2.45) is 4.99 Å². The molecule has 0 fully saturated rings. The fourth-order valence-electron chi connectivity index (χ4n) is 2.89. The largest absolute Gasteiger partial charge is 0.475 e. The Hall–Kier alpha value is -3.02. The van der Waals surface area contributed by atoms with Crippen molar-refractivity contribution in [3.8, 4) is 5.88 Å². The van der Waals surface area contributed by atoms with E-state index in [2.05, 4.69) is 50.0 Å². The van der Waals surface area contributed by atoms with E-state index in [9.17, 15) is 0 Å². The van der Waals surface area contributed by atoms with Crippen LogP contribution in [-0.2, 0) is 13.0 Å². The number of pyridine rings is 1. The molecule has 0 aliphatic heterocycles. The zero-order valence-electron chi connectivity index (χ0n) is 16.1. The summed E-state index contributed by atoms with van der Waals surface area (Å²) in [4.78, 5) is 11.9. The zero-order valence-corrected chi connectivity index (χ0v) is 16.1. The number of fused-ring (bicyclic) bond motifs is 1. The SMILES string of the molecule is CN=C(NCCc1c[nH]c2ccccc12)NCc1ccc(OC(C)C)nc1. The highest BCUT2D eigenvalue weighted by Gasteiger charge is 2.04. The van der Waals surface area contributed by atoms with Gasteiger partial charge in [-0.1, -0.05) is 24.3 Å². The minimum Gasteiger partial charge on any atom is -0.475 e. The zero-order chi connectivity index (χ0) is 19.1. The standard InChI is InChI=1S/C21H27N5O/c1-15(2)27-20-9-8-16(12-25-20)13-26-21(22-3)23-11-10-17-14-24-19-7-5-4-6-18(17)19/h4-9,12,14-15,24H,10-11,13H2,1-3H3,(H2,22,23,26). The molecule has 0 radical (unpaired) electrons. The Morgan fingerprint density at radius 2 is 2.04 bits per heavy atom. The maximum absolute atomic E-state index is 5.56. The molecule has 0 aliphatic rings. The van der Waals surface area contributed by atoms with E-state index in [1.54, 1.807) is 7.05 Å². The second-order valence-electron chi connectivity index (χ2n) is 6.63. The first kappa shape index (κ1) is 18.8. The summed E-state index contributed by atoms with van der Waals surface area (Å²) in [7, 11) is 1.78. The molecular weight excluding hydrogens is 338 g/mol. The Balaban J connectivity index is 1.47. The smallest absolute Gasteiger partial charge is 0.213 e. The van der Waals surface area contributed by atoms with Crippen LogP contribution in [0.3, 0.4) is 0 Å². The van der Waals surface area contributed by atoms with Crippen LogP contribution in [0.25, 0.3) is 10.9 Å². The molecule has 3 N–H and O–H groups in total. The third-order valence-corrected chi connectivity index (χ3v) is 4.20. The van der Waals surface area contributed by atoms with E-state index in [0.717, 1.165) is 24.5 Å². The van der Waals surface area contributed by atoms with Gasteiger partial charge in [0.15, 0.2) is 5.96 Å². The molecule has 0 atom stereocenters. The van der Waals surface area contributed by atoms with E-state index in [4.69, 9.17) is 4.74 Å². The number of para-hydroxylation sites is 1. The molecule has 3 rings (SSSR count). The molecule has 2 heterocycles. The lowest BCUT2D eigenvalue weighted by Crippen LogP contribution is -2.37. The van der Waals surface area contributed by atoms with Crippen LogP contribution in [0.1, 0.15) is 25.0 Å². The number of H-pyrrole nitrogens is 1. The van der Waals surface area contributed by atoms with Crippen LogP contribution in [-0.4, -0.2) is 35.6 Å². The molecule has 1 aromatic carbocycles. The quantitative estimate of drug-likeness (QED) is 0.444. The third kappa shape index (κ3) is 5.23. The van der Waals surface area contributed by atoms with Gasteiger partial charge >= 0.3 is 0 Å². The van der Waals surface area contributed by atoms with Crippen LogP contribution < -0.4 is 15.4 Å². The molecule has 0 spiro atoms. The minimum absolute atomic E-state index is 0.127.